The van der Waals surface area contributed by atoms with Crippen molar-refractivity contribution in [3.63, 3.8) is 0 Å². The number of aryl methyl sites for hydroxylation is 1. The number of benzene rings is 1. The first-order valence-corrected chi connectivity index (χ1v) is 10.6. The van der Waals surface area contributed by atoms with Gasteiger partial charge >= 0.3 is 5.97 Å². The molecule has 0 atom stereocenters. The van der Waals surface area contributed by atoms with E-state index in [1.165, 1.54) is 18.3 Å². The quantitative estimate of drug-likeness (QED) is 0.603. The summed E-state index contributed by atoms with van der Waals surface area (Å²) in [5.41, 5.74) is 2.71. The lowest BCUT2D eigenvalue weighted by molar-refractivity contribution is 0.0379. The minimum atomic E-state index is -3.29. The van der Waals surface area contributed by atoms with Crippen molar-refractivity contribution in [1.29, 1.82) is 0 Å². The summed E-state index contributed by atoms with van der Waals surface area (Å²) in [6, 6.07) is 9.97. The van der Waals surface area contributed by atoms with Crippen LogP contribution in [0.25, 0.3) is 11.0 Å². The normalized spacial score (nSPS) is 11.2. The minimum absolute atomic E-state index is 0. The molecule has 0 spiro atoms. The fourth-order valence-corrected chi connectivity index (χ4v) is 3.30. The average Bonchev–Trinajstić information content (AvgIpc) is 2.60. The van der Waals surface area contributed by atoms with Gasteiger partial charge in [-0.25, -0.2) is 23.2 Å². The van der Waals surface area contributed by atoms with Gasteiger partial charge in [0, 0.05) is 29.2 Å². The Hall–Kier alpha value is -2.71. The fraction of sp³-hybridized carbons (Fsp3) is 0.250. The van der Waals surface area contributed by atoms with Crippen molar-refractivity contribution in [2.24, 2.45) is 0 Å². The van der Waals surface area contributed by atoms with Gasteiger partial charge in [0.2, 0.25) is 0 Å². The number of ether oxygens (including phenoxy) is 1. The summed E-state index contributed by atoms with van der Waals surface area (Å²) < 4.78 is 28.6. The summed E-state index contributed by atoms with van der Waals surface area (Å²) in [6.07, 6.45) is 2.31. The largest absolute Gasteiger partial charge is 0.459 e. The topological polar surface area (TPSA) is 98.2 Å². The summed E-state index contributed by atoms with van der Waals surface area (Å²) in [4.78, 5) is 21.5. The molecular weight excluding hydrogens is 414 g/mol. The molecule has 0 bridgehead atoms. The lowest BCUT2D eigenvalue weighted by Gasteiger charge is -2.15. The first kappa shape index (κ1) is 22.6. The molecule has 154 valence electrons. The maximum absolute atomic E-state index is 12.6. The van der Waals surface area contributed by atoms with E-state index in [-0.39, 0.29) is 29.0 Å². The summed E-state index contributed by atoms with van der Waals surface area (Å²) in [5, 5.41) is 3.86. The van der Waals surface area contributed by atoms with Crippen LogP contribution in [0.4, 0.5) is 11.4 Å². The molecule has 1 N–H and O–H groups in total. The van der Waals surface area contributed by atoms with E-state index in [9.17, 15) is 13.2 Å². The number of rotatable bonds is 5. The zero-order valence-electron chi connectivity index (χ0n) is 16.5. The Bertz CT molecular complexity index is 1150. The fourth-order valence-electron chi connectivity index (χ4n) is 2.67. The number of aromatic nitrogens is 2. The lowest BCUT2D eigenvalue weighted by atomic mass is 10.1. The summed E-state index contributed by atoms with van der Waals surface area (Å²) in [6.45, 7) is 5.40. The van der Waals surface area contributed by atoms with Crippen molar-refractivity contribution in [3.8, 4) is 0 Å². The van der Waals surface area contributed by atoms with Gasteiger partial charge in [0.15, 0.2) is 15.5 Å². The monoisotopic (exact) mass is 435 g/mol. The number of halogens is 1. The summed E-state index contributed by atoms with van der Waals surface area (Å²) in [5.74, 6) is -0.500. The Morgan fingerprint density at radius 2 is 1.76 bits per heavy atom. The molecule has 0 aliphatic rings. The van der Waals surface area contributed by atoms with E-state index in [1.54, 1.807) is 26.0 Å². The predicted octanol–water partition coefficient (Wildman–Crippen LogP) is 4.07. The first-order chi connectivity index (χ1) is 13.1. The molecule has 29 heavy (non-hydrogen) atoms. The van der Waals surface area contributed by atoms with Gasteiger partial charge in [-0.05, 0) is 57.2 Å². The highest BCUT2D eigenvalue weighted by Gasteiger charge is 2.19. The number of carbonyl (C=O) groups is 1. The van der Waals surface area contributed by atoms with Gasteiger partial charge in [0.05, 0.1) is 16.7 Å². The van der Waals surface area contributed by atoms with E-state index in [0.717, 1.165) is 11.9 Å². The average molecular weight is 436 g/mol. The minimum Gasteiger partial charge on any atom is -0.459 e. The van der Waals surface area contributed by atoms with Crippen LogP contribution in [0.15, 0.2) is 47.5 Å². The zero-order chi connectivity index (χ0) is 20.5. The Morgan fingerprint density at radius 3 is 2.34 bits per heavy atom. The first-order valence-electron chi connectivity index (χ1n) is 8.69. The predicted molar refractivity (Wildman–Crippen MR) is 115 cm³/mol. The van der Waals surface area contributed by atoms with Crippen LogP contribution in [0.1, 0.15) is 29.9 Å². The van der Waals surface area contributed by atoms with Crippen LogP contribution in [0.3, 0.4) is 0 Å². The van der Waals surface area contributed by atoms with Gasteiger partial charge in [0.1, 0.15) is 5.56 Å². The van der Waals surface area contributed by atoms with Crippen molar-refractivity contribution in [2.75, 3.05) is 11.6 Å². The molecule has 3 rings (SSSR count). The molecule has 0 aliphatic carbocycles. The van der Waals surface area contributed by atoms with Crippen LogP contribution in [0.5, 0.6) is 0 Å². The van der Waals surface area contributed by atoms with E-state index in [0.29, 0.717) is 22.4 Å². The Balaban J connectivity index is 0.00000300. The van der Waals surface area contributed by atoms with E-state index in [4.69, 9.17) is 4.74 Å². The molecule has 0 radical (unpaired) electrons. The molecule has 1 aromatic carbocycles. The smallest absolute Gasteiger partial charge is 0.342 e. The van der Waals surface area contributed by atoms with Gasteiger partial charge in [-0.2, -0.15) is 0 Å². The van der Waals surface area contributed by atoms with Crippen molar-refractivity contribution in [1.82, 2.24) is 9.97 Å². The number of anilines is 2. The molecule has 7 nitrogen and oxygen atoms in total. The molecule has 9 heteroatoms. The summed E-state index contributed by atoms with van der Waals surface area (Å²) >= 11 is 0. The third-order valence-electron chi connectivity index (χ3n) is 3.98. The van der Waals surface area contributed by atoms with Gasteiger partial charge < -0.3 is 10.1 Å². The Morgan fingerprint density at radius 1 is 1.10 bits per heavy atom. The van der Waals surface area contributed by atoms with Crippen LogP contribution < -0.4 is 5.32 Å². The van der Waals surface area contributed by atoms with Gasteiger partial charge in [-0.1, -0.05) is 0 Å². The third-order valence-corrected chi connectivity index (χ3v) is 5.11. The molecule has 2 heterocycles. The molecule has 0 aliphatic heterocycles. The van der Waals surface area contributed by atoms with E-state index < -0.39 is 15.8 Å². The lowest BCUT2D eigenvalue weighted by Crippen LogP contribution is -2.14. The number of nitrogens with one attached hydrogen (secondary N) is 1. The number of esters is 1. The standard InChI is InChI=1S/C20H21N3O4S.ClH/c1-12(2)27-20(24)17-11-21-19-16(10-5-13(3)22-19)18(17)23-14-6-8-15(9-7-14)28(4,25)26;/h5-12H,1-4H3,(H,21,22,23);1H. The number of hydrogen-bond acceptors (Lipinski definition) is 7. The molecule has 0 fully saturated rings. The van der Waals surface area contributed by atoms with Crippen LogP contribution in [0, 0.1) is 6.92 Å². The van der Waals surface area contributed by atoms with E-state index >= 15 is 0 Å². The van der Waals surface area contributed by atoms with Gasteiger partial charge in [-0.15, -0.1) is 12.4 Å². The molecule has 0 saturated carbocycles. The zero-order valence-corrected chi connectivity index (χ0v) is 18.1. The molecule has 2 aromatic heterocycles. The number of pyridine rings is 2. The highest BCUT2D eigenvalue weighted by atomic mass is 35.5. The second-order valence-electron chi connectivity index (χ2n) is 6.75. The number of nitrogens with zero attached hydrogens (tertiary/aromatic N) is 2. The second kappa shape index (κ2) is 8.75. The highest BCUT2D eigenvalue weighted by molar-refractivity contribution is 7.90. The SMILES string of the molecule is Cc1ccc2c(Nc3ccc(S(C)(=O)=O)cc3)c(C(=O)OC(C)C)cnc2n1.Cl. The van der Waals surface area contributed by atoms with Crippen molar-refractivity contribution in [2.45, 2.75) is 31.8 Å². The van der Waals surface area contributed by atoms with Crippen LogP contribution in [-0.2, 0) is 14.6 Å². The van der Waals surface area contributed by atoms with Gasteiger partial charge in [0.25, 0.3) is 0 Å². The van der Waals surface area contributed by atoms with E-state index in [1.807, 2.05) is 19.1 Å². The van der Waals surface area contributed by atoms with Crippen molar-refractivity contribution >= 4 is 50.6 Å². The van der Waals surface area contributed by atoms with Crippen LogP contribution >= 0.6 is 12.4 Å². The maximum atomic E-state index is 12.6. The van der Waals surface area contributed by atoms with E-state index in [2.05, 4.69) is 15.3 Å². The Labute approximate surface area is 175 Å². The van der Waals surface area contributed by atoms with Crippen molar-refractivity contribution < 1.29 is 17.9 Å². The molecule has 0 amide bonds. The van der Waals surface area contributed by atoms with Crippen LogP contribution in [0.2, 0.25) is 0 Å². The second-order valence-corrected chi connectivity index (χ2v) is 8.76. The molecular formula is C20H22ClN3O4S. The summed E-state index contributed by atoms with van der Waals surface area (Å²) in [7, 11) is -3.29. The number of carbonyl (C=O) groups excluding carboxylic acids is 1. The highest BCUT2D eigenvalue weighted by Crippen LogP contribution is 2.30. The Kier molecular flexibility index (Phi) is 6.81. The van der Waals surface area contributed by atoms with Crippen LogP contribution in [-0.4, -0.2) is 36.7 Å². The molecule has 3 aromatic rings. The number of hydrogen-bond donors (Lipinski definition) is 1. The number of sulfone groups is 1. The van der Waals surface area contributed by atoms with Gasteiger partial charge in [-0.3, -0.25) is 0 Å². The molecule has 0 unspecified atom stereocenters. The maximum Gasteiger partial charge on any atom is 0.342 e. The third kappa shape index (κ3) is 5.21. The number of fused-ring (bicyclic) bond motifs is 1. The molecule has 0 saturated heterocycles. The van der Waals surface area contributed by atoms with Crippen molar-refractivity contribution in [3.05, 3.63) is 53.9 Å².